The van der Waals surface area contributed by atoms with Gasteiger partial charge in [0.1, 0.15) is 5.82 Å². The number of aliphatic hydroxyl groups excluding tert-OH is 1. The van der Waals surface area contributed by atoms with Crippen LogP contribution in [0.15, 0.2) is 24.3 Å². The average Bonchev–Trinajstić information content (AvgIpc) is 2.13. The Morgan fingerprint density at radius 1 is 1.50 bits per heavy atom. The summed E-state index contributed by atoms with van der Waals surface area (Å²) in [6, 6.07) is 6.19. The molecule has 2 N–H and O–H groups in total. The number of rotatable bonds is 2. The van der Waals surface area contributed by atoms with Gasteiger partial charge >= 0.3 is 0 Å². The van der Waals surface area contributed by atoms with Crippen molar-refractivity contribution in [1.29, 1.82) is 0 Å². The number of aliphatic hydroxyl groups is 1. The van der Waals surface area contributed by atoms with E-state index < -0.39 is 6.10 Å². The summed E-state index contributed by atoms with van der Waals surface area (Å²) in [6.45, 7) is 4.17. The maximum Gasteiger partial charge on any atom is 0.123 e. The monoisotopic (exact) mass is 245 g/mol. The van der Waals surface area contributed by atoms with Gasteiger partial charge in [0.2, 0.25) is 0 Å². The third-order valence-corrected chi connectivity index (χ3v) is 2.88. The SMILES string of the molecule is CC1(C)C[C@H](C(O)c2cccc(F)c2)N1.Cl. The van der Waals surface area contributed by atoms with E-state index in [0.29, 0.717) is 5.56 Å². The molecular weight excluding hydrogens is 229 g/mol. The first-order valence-electron chi connectivity index (χ1n) is 5.19. The van der Waals surface area contributed by atoms with Crippen LogP contribution in [0.2, 0.25) is 0 Å². The Labute approximate surface area is 101 Å². The third-order valence-electron chi connectivity index (χ3n) is 2.88. The molecule has 4 heteroatoms. The summed E-state index contributed by atoms with van der Waals surface area (Å²) in [4.78, 5) is 0. The van der Waals surface area contributed by atoms with E-state index in [1.165, 1.54) is 12.1 Å². The van der Waals surface area contributed by atoms with Crippen LogP contribution in [-0.4, -0.2) is 16.7 Å². The van der Waals surface area contributed by atoms with Crippen molar-refractivity contribution in [3.05, 3.63) is 35.6 Å². The molecule has 16 heavy (non-hydrogen) atoms. The van der Waals surface area contributed by atoms with Crippen LogP contribution in [0.3, 0.4) is 0 Å². The van der Waals surface area contributed by atoms with Crippen molar-refractivity contribution in [2.45, 2.75) is 38.0 Å². The average molecular weight is 246 g/mol. The lowest BCUT2D eigenvalue weighted by Gasteiger charge is -2.46. The van der Waals surface area contributed by atoms with E-state index in [4.69, 9.17) is 0 Å². The third kappa shape index (κ3) is 2.73. The van der Waals surface area contributed by atoms with Gasteiger partial charge in [-0.3, -0.25) is 0 Å². The largest absolute Gasteiger partial charge is 0.387 e. The number of hydrogen-bond donors (Lipinski definition) is 2. The molecule has 1 aromatic rings. The van der Waals surface area contributed by atoms with Crippen LogP contribution >= 0.6 is 12.4 Å². The molecule has 2 atom stereocenters. The van der Waals surface area contributed by atoms with Crippen LogP contribution < -0.4 is 5.32 Å². The van der Waals surface area contributed by atoms with Gasteiger partial charge in [-0.25, -0.2) is 4.39 Å². The summed E-state index contributed by atoms with van der Waals surface area (Å²) in [7, 11) is 0. The predicted molar refractivity (Wildman–Crippen MR) is 64.2 cm³/mol. The molecule has 1 unspecified atom stereocenters. The minimum absolute atomic E-state index is 0. The summed E-state index contributed by atoms with van der Waals surface area (Å²) in [6.07, 6.45) is 0.290. The van der Waals surface area contributed by atoms with Crippen molar-refractivity contribution in [1.82, 2.24) is 5.32 Å². The van der Waals surface area contributed by atoms with Gasteiger partial charge in [0.25, 0.3) is 0 Å². The fourth-order valence-electron chi connectivity index (χ4n) is 2.14. The van der Waals surface area contributed by atoms with Gasteiger partial charge in [-0.2, -0.15) is 0 Å². The first-order valence-corrected chi connectivity index (χ1v) is 5.19. The Morgan fingerprint density at radius 2 is 2.12 bits per heavy atom. The molecule has 1 heterocycles. The highest BCUT2D eigenvalue weighted by Gasteiger charge is 2.39. The molecule has 2 nitrogen and oxygen atoms in total. The number of halogens is 2. The highest BCUT2D eigenvalue weighted by molar-refractivity contribution is 5.85. The van der Waals surface area contributed by atoms with E-state index >= 15 is 0 Å². The number of nitrogens with one attached hydrogen (secondary N) is 1. The van der Waals surface area contributed by atoms with Crippen LogP contribution in [0.1, 0.15) is 31.9 Å². The molecular formula is C12H17ClFNO. The van der Waals surface area contributed by atoms with Crippen LogP contribution in [-0.2, 0) is 0 Å². The van der Waals surface area contributed by atoms with E-state index in [1.807, 2.05) is 0 Å². The zero-order valence-corrected chi connectivity index (χ0v) is 10.2. The standard InChI is InChI=1S/C12H16FNO.ClH/c1-12(2)7-10(14-12)11(15)8-4-3-5-9(13)6-8;/h3-6,10-11,14-15H,7H2,1-2H3;1H/t10-,11?;/m1./s1. The lowest BCUT2D eigenvalue weighted by molar-refractivity contribution is 0.0388. The number of hydrogen-bond acceptors (Lipinski definition) is 2. The summed E-state index contributed by atoms with van der Waals surface area (Å²) < 4.78 is 12.9. The molecule has 0 radical (unpaired) electrons. The van der Waals surface area contributed by atoms with Gasteiger partial charge in [0.05, 0.1) is 6.10 Å². The van der Waals surface area contributed by atoms with Gasteiger partial charge in [0.15, 0.2) is 0 Å². The van der Waals surface area contributed by atoms with E-state index in [2.05, 4.69) is 19.2 Å². The van der Waals surface area contributed by atoms with Crippen LogP contribution in [0, 0.1) is 5.82 Å². The molecule has 1 aliphatic rings. The summed E-state index contributed by atoms with van der Waals surface area (Å²) in [5.74, 6) is -0.301. The van der Waals surface area contributed by atoms with E-state index in [9.17, 15) is 9.50 Å². The first kappa shape index (κ1) is 13.4. The first-order chi connectivity index (χ1) is 6.98. The van der Waals surface area contributed by atoms with Crippen molar-refractivity contribution in [2.75, 3.05) is 0 Å². The van der Waals surface area contributed by atoms with Crippen molar-refractivity contribution in [2.24, 2.45) is 0 Å². The molecule has 1 aliphatic heterocycles. The fourth-order valence-corrected chi connectivity index (χ4v) is 2.14. The van der Waals surface area contributed by atoms with Gasteiger partial charge < -0.3 is 10.4 Å². The fraction of sp³-hybridized carbons (Fsp3) is 0.500. The molecule has 1 saturated heterocycles. The van der Waals surface area contributed by atoms with Crippen molar-refractivity contribution in [3.63, 3.8) is 0 Å². The molecule has 2 rings (SSSR count). The van der Waals surface area contributed by atoms with Crippen molar-refractivity contribution < 1.29 is 9.50 Å². The van der Waals surface area contributed by atoms with Gasteiger partial charge in [0, 0.05) is 11.6 Å². The van der Waals surface area contributed by atoms with Gasteiger partial charge in [-0.1, -0.05) is 12.1 Å². The maximum absolute atomic E-state index is 12.9. The van der Waals surface area contributed by atoms with Crippen LogP contribution in [0.25, 0.3) is 0 Å². The molecule has 0 bridgehead atoms. The van der Waals surface area contributed by atoms with Crippen molar-refractivity contribution in [3.8, 4) is 0 Å². The van der Waals surface area contributed by atoms with E-state index in [1.54, 1.807) is 12.1 Å². The minimum atomic E-state index is -0.617. The summed E-state index contributed by atoms with van der Waals surface area (Å²) >= 11 is 0. The second-order valence-corrected chi connectivity index (χ2v) is 4.84. The Morgan fingerprint density at radius 3 is 2.62 bits per heavy atom. The molecule has 0 saturated carbocycles. The lowest BCUT2D eigenvalue weighted by atomic mass is 9.80. The Hall–Kier alpha value is -0.640. The second kappa shape index (κ2) is 4.70. The second-order valence-electron chi connectivity index (χ2n) is 4.84. The zero-order valence-electron chi connectivity index (χ0n) is 9.40. The Kier molecular flexibility index (Phi) is 3.94. The maximum atomic E-state index is 12.9. The summed E-state index contributed by atoms with van der Waals surface area (Å²) in [5.41, 5.74) is 0.738. The molecule has 0 aromatic heterocycles. The minimum Gasteiger partial charge on any atom is -0.387 e. The van der Waals surface area contributed by atoms with Gasteiger partial charge in [-0.05, 0) is 38.0 Å². The van der Waals surface area contributed by atoms with Gasteiger partial charge in [-0.15, -0.1) is 12.4 Å². The Balaban J connectivity index is 0.00000128. The highest BCUT2D eigenvalue weighted by atomic mass is 35.5. The Bertz CT molecular complexity index is 362. The van der Waals surface area contributed by atoms with Crippen molar-refractivity contribution >= 4 is 12.4 Å². The quantitative estimate of drug-likeness (QED) is 0.839. The predicted octanol–water partition coefficient (Wildman–Crippen LogP) is 2.42. The molecule has 0 aliphatic carbocycles. The van der Waals surface area contributed by atoms with E-state index in [0.717, 1.165) is 6.42 Å². The van der Waals surface area contributed by atoms with E-state index in [-0.39, 0.29) is 29.8 Å². The summed E-state index contributed by atoms with van der Waals surface area (Å²) in [5, 5.41) is 13.2. The topological polar surface area (TPSA) is 32.3 Å². The normalized spacial score (nSPS) is 24.1. The van der Waals surface area contributed by atoms with Crippen LogP contribution in [0.5, 0.6) is 0 Å². The molecule has 1 fully saturated rings. The smallest absolute Gasteiger partial charge is 0.123 e. The molecule has 1 aromatic carbocycles. The zero-order chi connectivity index (χ0) is 11.1. The molecule has 0 amide bonds. The van der Waals surface area contributed by atoms with Crippen LogP contribution in [0.4, 0.5) is 4.39 Å². The highest BCUT2D eigenvalue weighted by Crippen LogP contribution is 2.32. The number of benzene rings is 1. The molecule has 0 spiro atoms. The molecule has 90 valence electrons. The lowest BCUT2D eigenvalue weighted by Crippen LogP contribution is -2.61.